The fraction of sp³-hybridized carbons (Fsp3) is 0.533. The highest BCUT2D eigenvalue weighted by Crippen LogP contribution is 2.30. The molecule has 3 nitrogen and oxygen atoms in total. The maximum absolute atomic E-state index is 12.6. The molecule has 0 aliphatic rings. The summed E-state index contributed by atoms with van der Waals surface area (Å²) in [6.07, 6.45) is -5.34. The highest BCUT2D eigenvalue weighted by Gasteiger charge is 2.30. The van der Waals surface area contributed by atoms with Gasteiger partial charge in [-0.25, -0.2) is 0 Å². The summed E-state index contributed by atoms with van der Waals surface area (Å²) in [7, 11) is 0. The van der Waals surface area contributed by atoms with Crippen molar-refractivity contribution in [2.75, 3.05) is 6.54 Å². The van der Waals surface area contributed by atoms with Crippen molar-refractivity contribution in [3.63, 3.8) is 0 Å². The number of nitrogens with one attached hydrogen (secondary N) is 1. The summed E-state index contributed by atoms with van der Waals surface area (Å²) >= 11 is 0. The summed E-state index contributed by atoms with van der Waals surface area (Å²) in [6, 6.07) is 4.46. The molecule has 1 unspecified atom stereocenters. The summed E-state index contributed by atoms with van der Waals surface area (Å²) in [5.74, 6) is -0.242. The predicted octanol–water partition coefficient (Wildman–Crippen LogP) is 3.29. The zero-order valence-electron chi connectivity index (χ0n) is 12.3. The normalized spacial score (nSPS) is 13.9. The molecule has 0 radical (unpaired) electrons. The molecule has 1 aromatic rings. The van der Waals surface area contributed by atoms with Gasteiger partial charge < -0.3 is 10.4 Å². The van der Waals surface area contributed by atoms with Crippen molar-refractivity contribution in [3.8, 4) is 0 Å². The van der Waals surface area contributed by atoms with E-state index in [0.717, 1.165) is 12.1 Å². The Morgan fingerprint density at radius 1 is 1.29 bits per heavy atom. The zero-order valence-corrected chi connectivity index (χ0v) is 12.3. The number of hydrogen-bond donors (Lipinski definition) is 2. The Bertz CT molecular complexity index is 492. The van der Waals surface area contributed by atoms with Crippen LogP contribution in [0.2, 0.25) is 0 Å². The first kappa shape index (κ1) is 17.5. The molecule has 0 bridgehead atoms. The minimum atomic E-state index is -4.45. The van der Waals surface area contributed by atoms with Gasteiger partial charge in [-0.05, 0) is 23.1 Å². The number of aliphatic hydroxyl groups is 1. The SMILES string of the molecule is CC(C)(C)CC(=O)NCC(O)c1cccc(C(F)(F)F)c1. The maximum atomic E-state index is 12.6. The Hall–Kier alpha value is -1.56. The van der Waals surface area contributed by atoms with Gasteiger partial charge in [0.15, 0.2) is 0 Å². The van der Waals surface area contributed by atoms with Crippen molar-refractivity contribution in [1.29, 1.82) is 0 Å². The molecule has 0 aliphatic carbocycles. The number of alkyl halides is 3. The van der Waals surface area contributed by atoms with Crippen molar-refractivity contribution < 1.29 is 23.1 Å². The molecule has 0 aliphatic heterocycles. The van der Waals surface area contributed by atoms with Crippen LogP contribution in [0, 0.1) is 5.41 Å². The monoisotopic (exact) mass is 303 g/mol. The highest BCUT2D eigenvalue weighted by atomic mass is 19.4. The van der Waals surface area contributed by atoms with Crippen LogP contribution in [0.3, 0.4) is 0 Å². The number of benzene rings is 1. The van der Waals surface area contributed by atoms with Gasteiger partial charge in [-0.2, -0.15) is 13.2 Å². The fourth-order valence-electron chi connectivity index (χ4n) is 1.79. The lowest BCUT2D eigenvalue weighted by Gasteiger charge is -2.19. The second kappa shape index (κ2) is 6.47. The molecule has 1 amide bonds. The van der Waals surface area contributed by atoms with E-state index in [1.165, 1.54) is 12.1 Å². The van der Waals surface area contributed by atoms with Crippen molar-refractivity contribution in [3.05, 3.63) is 35.4 Å². The second-order valence-electron chi connectivity index (χ2n) is 6.18. The molecule has 0 saturated heterocycles. The molecule has 0 fully saturated rings. The average Bonchev–Trinajstić information content (AvgIpc) is 2.33. The number of rotatable bonds is 4. The van der Waals surface area contributed by atoms with E-state index in [1.54, 1.807) is 0 Å². The third-order valence-electron chi connectivity index (χ3n) is 2.78. The second-order valence-corrected chi connectivity index (χ2v) is 6.18. The summed E-state index contributed by atoms with van der Waals surface area (Å²) < 4.78 is 37.7. The zero-order chi connectivity index (χ0) is 16.3. The van der Waals surface area contributed by atoms with Crippen LogP contribution in [0.1, 0.15) is 44.4 Å². The standard InChI is InChI=1S/C15H20F3NO2/c1-14(2,3)8-13(21)19-9-12(20)10-5-4-6-11(7-10)15(16,17)18/h4-7,12,20H,8-9H2,1-3H3,(H,19,21). The van der Waals surface area contributed by atoms with E-state index in [1.807, 2.05) is 20.8 Å². The van der Waals surface area contributed by atoms with Crippen LogP contribution in [-0.2, 0) is 11.0 Å². The van der Waals surface area contributed by atoms with Gasteiger partial charge in [-0.15, -0.1) is 0 Å². The lowest BCUT2D eigenvalue weighted by atomic mass is 9.92. The Morgan fingerprint density at radius 3 is 2.43 bits per heavy atom. The summed E-state index contributed by atoms with van der Waals surface area (Å²) in [6.45, 7) is 5.58. The first-order valence-electron chi connectivity index (χ1n) is 6.61. The first-order valence-corrected chi connectivity index (χ1v) is 6.61. The number of halogens is 3. The van der Waals surface area contributed by atoms with E-state index in [9.17, 15) is 23.1 Å². The Kier molecular flexibility index (Phi) is 5.39. The van der Waals surface area contributed by atoms with Crippen LogP contribution in [0.15, 0.2) is 24.3 Å². The molecule has 1 atom stereocenters. The van der Waals surface area contributed by atoms with Gasteiger partial charge in [-0.3, -0.25) is 4.79 Å². The molecule has 0 aromatic heterocycles. The third kappa shape index (κ3) is 6.16. The van der Waals surface area contributed by atoms with Crippen molar-refractivity contribution in [2.24, 2.45) is 5.41 Å². The van der Waals surface area contributed by atoms with Crippen molar-refractivity contribution >= 4 is 5.91 Å². The van der Waals surface area contributed by atoms with Gasteiger partial charge in [0, 0.05) is 13.0 Å². The van der Waals surface area contributed by atoms with E-state index in [-0.39, 0.29) is 29.9 Å². The van der Waals surface area contributed by atoms with Crippen molar-refractivity contribution in [2.45, 2.75) is 39.5 Å². The van der Waals surface area contributed by atoms with E-state index >= 15 is 0 Å². The van der Waals surface area contributed by atoms with Crippen molar-refractivity contribution in [1.82, 2.24) is 5.32 Å². The molecule has 1 rings (SSSR count). The lowest BCUT2D eigenvalue weighted by molar-refractivity contribution is -0.137. The maximum Gasteiger partial charge on any atom is 0.416 e. The number of carbonyl (C=O) groups is 1. The van der Waals surface area contributed by atoms with Gasteiger partial charge in [0.1, 0.15) is 0 Å². The molecule has 0 heterocycles. The largest absolute Gasteiger partial charge is 0.416 e. The molecule has 1 aromatic carbocycles. The molecule has 21 heavy (non-hydrogen) atoms. The Morgan fingerprint density at radius 2 is 1.90 bits per heavy atom. The minimum Gasteiger partial charge on any atom is -0.387 e. The summed E-state index contributed by atoms with van der Waals surface area (Å²) in [5.41, 5.74) is -0.883. The van der Waals surface area contributed by atoms with Crippen LogP contribution in [0.5, 0.6) is 0 Å². The van der Waals surface area contributed by atoms with Gasteiger partial charge >= 0.3 is 6.18 Å². The summed E-state index contributed by atoms with van der Waals surface area (Å²) in [5, 5.41) is 12.4. The van der Waals surface area contributed by atoms with Crippen LogP contribution < -0.4 is 5.32 Å². The number of amides is 1. The molecular formula is C15H20F3NO2. The lowest BCUT2D eigenvalue weighted by Crippen LogP contribution is -2.31. The van der Waals surface area contributed by atoms with Gasteiger partial charge in [0.05, 0.1) is 11.7 Å². The summed E-state index contributed by atoms with van der Waals surface area (Å²) in [4.78, 5) is 11.6. The smallest absolute Gasteiger partial charge is 0.387 e. The van der Waals surface area contributed by atoms with E-state index in [2.05, 4.69) is 5.32 Å². The molecule has 0 spiro atoms. The number of aliphatic hydroxyl groups excluding tert-OH is 1. The number of carbonyl (C=O) groups excluding carboxylic acids is 1. The van der Waals surface area contributed by atoms with Gasteiger partial charge in [0.2, 0.25) is 5.91 Å². The predicted molar refractivity (Wildman–Crippen MR) is 73.5 cm³/mol. The minimum absolute atomic E-state index is 0.115. The fourth-order valence-corrected chi connectivity index (χ4v) is 1.79. The van der Waals surface area contributed by atoms with Crippen LogP contribution >= 0.6 is 0 Å². The molecule has 6 heteroatoms. The topological polar surface area (TPSA) is 49.3 Å². The van der Waals surface area contributed by atoms with Gasteiger partial charge in [-0.1, -0.05) is 32.9 Å². The molecular weight excluding hydrogens is 283 g/mol. The molecule has 0 saturated carbocycles. The average molecular weight is 303 g/mol. The quantitative estimate of drug-likeness (QED) is 0.896. The van der Waals surface area contributed by atoms with E-state index in [4.69, 9.17) is 0 Å². The van der Waals surface area contributed by atoms with E-state index < -0.39 is 17.8 Å². The van der Waals surface area contributed by atoms with Gasteiger partial charge in [0.25, 0.3) is 0 Å². The molecule has 2 N–H and O–H groups in total. The Labute approximate surface area is 122 Å². The van der Waals surface area contributed by atoms with E-state index in [0.29, 0.717) is 0 Å². The van der Waals surface area contributed by atoms with Crippen LogP contribution in [-0.4, -0.2) is 17.6 Å². The van der Waals surface area contributed by atoms with Crippen LogP contribution in [0.25, 0.3) is 0 Å². The third-order valence-corrected chi connectivity index (χ3v) is 2.78. The highest BCUT2D eigenvalue weighted by molar-refractivity contribution is 5.76. The van der Waals surface area contributed by atoms with Crippen LogP contribution in [0.4, 0.5) is 13.2 Å². The Balaban J connectivity index is 2.64. The first-order chi connectivity index (χ1) is 9.49. The molecule has 118 valence electrons. The number of hydrogen-bond acceptors (Lipinski definition) is 2.